The molecule has 0 heterocycles. The molecule has 0 unspecified atom stereocenters. The minimum absolute atomic E-state index is 0.0218. The van der Waals surface area contributed by atoms with Gasteiger partial charge in [-0.05, 0) is 11.1 Å². The molecule has 0 atom stereocenters. The van der Waals surface area contributed by atoms with E-state index in [-0.39, 0.29) is 39.3 Å². The van der Waals surface area contributed by atoms with Crippen molar-refractivity contribution in [3.05, 3.63) is 35.4 Å². The third-order valence-corrected chi connectivity index (χ3v) is 2.40. The van der Waals surface area contributed by atoms with Gasteiger partial charge in [0.1, 0.15) is 13.2 Å². The fraction of sp³-hybridized carbons (Fsp3) is 0.429. The van der Waals surface area contributed by atoms with Gasteiger partial charge in [-0.3, -0.25) is 9.59 Å². The molecule has 1 aromatic rings. The average Bonchev–Trinajstić information content (AvgIpc) is 2.43. The second-order valence-electron chi connectivity index (χ2n) is 4.06. The van der Waals surface area contributed by atoms with E-state index in [1.165, 1.54) is 0 Å². The Morgan fingerprint density at radius 1 is 0.900 bits per heavy atom. The van der Waals surface area contributed by atoms with Gasteiger partial charge in [-0.2, -0.15) is 0 Å². The van der Waals surface area contributed by atoms with Crippen molar-refractivity contribution in [1.82, 2.24) is 0 Å². The summed E-state index contributed by atoms with van der Waals surface area (Å²) in [6, 6.07) is 6.97. The first-order chi connectivity index (χ1) is 9.65. The van der Waals surface area contributed by atoms with Crippen LogP contribution in [-0.4, -0.2) is 48.6 Å². The van der Waals surface area contributed by atoms with Crippen molar-refractivity contribution in [2.45, 2.75) is 12.8 Å². The molecule has 0 radical (unpaired) electrons. The molecule has 0 saturated heterocycles. The van der Waals surface area contributed by atoms with Gasteiger partial charge in [0.25, 0.3) is 0 Å². The lowest BCUT2D eigenvalue weighted by Crippen LogP contribution is -2.12. The van der Waals surface area contributed by atoms with Crippen LogP contribution < -0.4 is 0 Å². The van der Waals surface area contributed by atoms with E-state index in [4.69, 9.17) is 19.7 Å². The Hall–Kier alpha value is -1.92. The Labute approximate surface area is 116 Å². The van der Waals surface area contributed by atoms with Crippen molar-refractivity contribution in [2.75, 3.05) is 26.4 Å². The van der Waals surface area contributed by atoms with Crippen LogP contribution in [0, 0.1) is 0 Å². The quantitative estimate of drug-likeness (QED) is 0.644. The van der Waals surface area contributed by atoms with Crippen molar-refractivity contribution in [3.63, 3.8) is 0 Å². The zero-order valence-electron chi connectivity index (χ0n) is 11.1. The molecule has 0 aliphatic carbocycles. The summed E-state index contributed by atoms with van der Waals surface area (Å²) in [5.74, 6) is -0.863. The van der Waals surface area contributed by atoms with Crippen LogP contribution >= 0.6 is 0 Å². The predicted molar refractivity (Wildman–Crippen MR) is 69.9 cm³/mol. The minimum atomic E-state index is -0.431. The van der Waals surface area contributed by atoms with Crippen molar-refractivity contribution < 1.29 is 29.3 Å². The standard InChI is InChI=1S/C14H18O6/c15-4-6-19-13(17)9-11-2-1-3-12(8-11)10-14(18)20-7-5-16/h1-3,8,15-16H,4-7,9-10H2. The summed E-state index contributed by atoms with van der Waals surface area (Å²) >= 11 is 0. The molecule has 6 heteroatoms. The molecule has 0 fully saturated rings. The van der Waals surface area contributed by atoms with Gasteiger partial charge in [-0.25, -0.2) is 0 Å². The van der Waals surface area contributed by atoms with Crippen LogP contribution in [0.3, 0.4) is 0 Å². The highest BCUT2D eigenvalue weighted by Gasteiger charge is 2.08. The number of aliphatic hydroxyl groups is 2. The van der Waals surface area contributed by atoms with E-state index in [9.17, 15) is 9.59 Å². The minimum Gasteiger partial charge on any atom is -0.463 e. The molecule has 6 nitrogen and oxygen atoms in total. The van der Waals surface area contributed by atoms with Gasteiger partial charge in [-0.15, -0.1) is 0 Å². The number of carbonyl (C=O) groups is 2. The fourth-order valence-electron chi connectivity index (χ4n) is 1.60. The smallest absolute Gasteiger partial charge is 0.310 e. The van der Waals surface area contributed by atoms with E-state index in [1.54, 1.807) is 24.3 Å². The highest BCUT2D eigenvalue weighted by molar-refractivity contribution is 5.74. The number of hydrogen-bond donors (Lipinski definition) is 2. The lowest BCUT2D eigenvalue weighted by Gasteiger charge is -2.06. The molecule has 0 saturated carbocycles. The molecular formula is C14H18O6. The Morgan fingerprint density at radius 3 is 1.75 bits per heavy atom. The third-order valence-electron chi connectivity index (χ3n) is 2.40. The van der Waals surface area contributed by atoms with Gasteiger partial charge in [0.2, 0.25) is 0 Å². The largest absolute Gasteiger partial charge is 0.463 e. The van der Waals surface area contributed by atoms with Gasteiger partial charge in [0, 0.05) is 0 Å². The molecule has 0 aliphatic heterocycles. The molecular weight excluding hydrogens is 264 g/mol. The highest BCUT2D eigenvalue weighted by Crippen LogP contribution is 2.08. The number of hydrogen-bond acceptors (Lipinski definition) is 6. The number of ether oxygens (including phenoxy) is 2. The number of carbonyl (C=O) groups excluding carboxylic acids is 2. The molecule has 1 rings (SSSR count). The van der Waals surface area contributed by atoms with E-state index < -0.39 is 11.9 Å². The molecule has 1 aromatic carbocycles. The summed E-state index contributed by atoms with van der Waals surface area (Å²) in [5, 5.41) is 17.1. The van der Waals surface area contributed by atoms with Gasteiger partial charge in [0.15, 0.2) is 0 Å². The van der Waals surface area contributed by atoms with Crippen molar-refractivity contribution >= 4 is 11.9 Å². The normalized spacial score (nSPS) is 10.1. The Bertz CT molecular complexity index is 406. The first-order valence-electron chi connectivity index (χ1n) is 6.26. The Morgan fingerprint density at radius 2 is 1.35 bits per heavy atom. The summed E-state index contributed by atoms with van der Waals surface area (Å²) in [4.78, 5) is 22.8. The summed E-state index contributed by atoms with van der Waals surface area (Å²) in [5.41, 5.74) is 1.45. The van der Waals surface area contributed by atoms with Crippen LogP contribution in [0.4, 0.5) is 0 Å². The van der Waals surface area contributed by atoms with Crippen LogP contribution in [0.5, 0.6) is 0 Å². The molecule has 0 bridgehead atoms. The summed E-state index contributed by atoms with van der Waals surface area (Å²) < 4.78 is 9.52. The Kier molecular flexibility index (Phi) is 7.31. The van der Waals surface area contributed by atoms with Crippen LogP contribution in [0.25, 0.3) is 0 Å². The second kappa shape index (κ2) is 9.06. The van der Waals surface area contributed by atoms with E-state index in [2.05, 4.69) is 0 Å². The number of rotatable bonds is 8. The summed E-state index contributed by atoms with van der Waals surface area (Å²) in [6.07, 6.45) is 0.166. The molecule has 2 N–H and O–H groups in total. The zero-order chi connectivity index (χ0) is 14.8. The van der Waals surface area contributed by atoms with Crippen LogP contribution in [0.2, 0.25) is 0 Å². The molecule has 0 spiro atoms. The molecule has 110 valence electrons. The molecule has 20 heavy (non-hydrogen) atoms. The maximum atomic E-state index is 11.4. The maximum Gasteiger partial charge on any atom is 0.310 e. The molecule has 0 amide bonds. The predicted octanol–water partition coefficient (Wildman–Crippen LogP) is -0.157. The summed E-state index contributed by atoms with van der Waals surface area (Å²) in [7, 11) is 0. The zero-order valence-corrected chi connectivity index (χ0v) is 11.1. The topological polar surface area (TPSA) is 93.1 Å². The third kappa shape index (κ3) is 6.31. The van der Waals surface area contributed by atoms with Gasteiger partial charge in [0.05, 0.1) is 26.1 Å². The van der Waals surface area contributed by atoms with Crippen LogP contribution in [0.1, 0.15) is 11.1 Å². The van der Waals surface area contributed by atoms with E-state index in [1.807, 2.05) is 0 Å². The van der Waals surface area contributed by atoms with Crippen LogP contribution in [0.15, 0.2) is 24.3 Å². The lowest BCUT2D eigenvalue weighted by atomic mass is 10.1. The van der Waals surface area contributed by atoms with Crippen molar-refractivity contribution in [3.8, 4) is 0 Å². The number of benzene rings is 1. The van der Waals surface area contributed by atoms with Crippen molar-refractivity contribution in [2.24, 2.45) is 0 Å². The van der Waals surface area contributed by atoms with E-state index in [0.29, 0.717) is 0 Å². The molecule has 0 aromatic heterocycles. The Balaban J connectivity index is 2.52. The first-order valence-corrected chi connectivity index (χ1v) is 6.26. The number of esters is 2. The van der Waals surface area contributed by atoms with Gasteiger partial charge < -0.3 is 19.7 Å². The summed E-state index contributed by atoms with van der Waals surface area (Å²) in [6.45, 7) is -0.455. The van der Waals surface area contributed by atoms with Crippen molar-refractivity contribution in [1.29, 1.82) is 0 Å². The monoisotopic (exact) mass is 282 g/mol. The lowest BCUT2D eigenvalue weighted by molar-refractivity contribution is -0.144. The SMILES string of the molecule is O=C(Cc1cccc(CC(=O)OCCO)c1)OCCO. The fourth-order valence-corrected chi connectivity index (χ4v) is 1.60. The molecule has 0 aliphatic rings. The second-order valence-corrected chi connectivity index (χ2v) is 4.06. The van der Waals surface area contributed by atoms with Gasteiger partial charge in [-0.1, -0.05) is 24.3 Å². The van der Waals surface area contributed by atoms with Gasteiger partial charge >= 0.3 is 11.9 Å². The van der Waals surface area contributed by atoms with Crippen LogP contribution in [-0.2, 0) is 31.9 Å². The van der Waals surface area contributed by atoms with E-state index in [0.717, 1.165) is 11.1 Å². The highest BCUT2D eigenvalue weighted by atomic mass is 16.5. The van der Waals surface area contributed by atoms with E-state index >= 15 is 0 Å². The first kappa shape index (κ1) is 16.1. The maximum absolute atomic E-state index is 11.4. The average molecular weight is 282 g/mol. The number of aliphatic hydroxyl groups excluding tert-OH is 2.